The van der Waals surface area contributed by atoms with Crippen LogP contribution in [0.25, 0.3) is 11.0 Å². The minimum absolute atomic E-state index is 0.0622. The molecule has 5 nitrogen and oxygen atoms in total. The molecule has 0 unspecified atom stereocenters. The van der Waals surface area contributed by atoms with Gasteiger partial charge in [0.1, 0.15) is 23.6 Å². The van der Waals surface area contributed by atoms with Crippen LogP contribution in [0.4, 0.5) is 0 Å². The molecule has 0 bridgehead atoms. The zero-order chi connectivity index (χ0) is 14.1. The van der Waals surface area contributed by atoms with Gasteiger partial charge in [-0.3, -0.25) is 0 Å². The number of aromatic nitrogens is 1. The first-order chi connectivity index (χ1) is 9.65. The summed E-state index contributed by atoms with van der Waals surface area (Å²) in [6, 6.07) is 9.21. The number of fused-ring (bicyclic) bond motifs is 1. The van der Waals surface area contributed by atoms with E-state index in [4.69, 9.17) is 13.7 Å². The maximum atomic E-state index is 12.0. The van der Waals surface area contributed by atoms with Crippen LogP contribution in [0.5, 0.6) is 0 Å². The Balaban J connectivity index is 1.80. The van der Waals surface area contributed by atoms with Crippen LogP contribution in [0.2, 0.25) is 0 Å². The van der Waals surface area contributed by atoms with Crippen molar-refractivity contribution in [1.82, 2.24) is 5.16 Å². The normalized spacial score (nSPS) is 10.9. The topological polar surface area (TPSA) is 65.5 Å². The Morgan fingerprint density at radius 3 is 2.80 bits per heavy atom. The monoisotopic (exact) mass is 271 g/mol. The molecule has 2 aromatic heterocycles. The lowest BCUT2D eigenvalue weighted by atomic mass is 10.1. The van der Waals surface area contributed by atoms with Crippen molar-refractivity contribution in [2.45, 2.75) is 20.5 Å². The standard InChI is InChI=1S/C15H13NO4/c1-9-7-11(16-20-9)8-18-15(17)14-10(2)12-5-3-4-6-13(12)19-14/h3-7H,8H2,1-2H3. The number of carbonyl (C=O) groups is 1. The number of furan rings is 1. The molecule has 102 valence electrons. The molecule has 0 fully saturated rings. The summed E-state index contributed by atoms with van der Waals surface area (Å²) in [4.78, 5) is 12.0. The number of carbonyl (C=O) groups excluding carboxylic acids is 1. The van der Waals surface area contributed by atoms with Gasteiger partial charge in [0.05, 0.1) is 0 Å². The van der Waals surface area contributed by atoms with Crippen molar-refractivity contribution in [1.29, 1.82) is 0 Å². The lowest BCUT2D eigenvalue weighted by molar-refractivity contribution is 0.0429. The van der Waals surface area contributed by atoms with Crippen molar-refractivity contribution < 1.29 is 18.5 Å². The van der Waals surface area contributed by atoms with Gasteiger partial charge >= 0.3 is 5.97 Å². The van der Waals surface area contributed by atoms with Crippen LogP contribution in [0.15, 0.2) is 39.3 Å². The van der Waals surface area contributed by atoms with Crippen molar-refractivity contribution >= 4 is 16.9 Å². The lowest BCUT2D eigenvalue weighted by Crippen LogP contribution is -2.05. The predicted molar refractivity (Wildman–Crippen MR) is 71.3 cm³/mol. The van der Waals surface area contributed by atoms with Gasteiger partial charge in [0.2, 0.25) is 5.76 Å². The van der Waals surface area contributed by atoms with E-state index in [1.165, 1.54) is 0 Å². The number of hydrogen-bond acceptors (Lipinski definition) is 5. The summed E-state index contributed by atoms with van der Waals surface area (Å²) in [6.07, 6.45) is 0. The molecule has 2 heterocycles. The number of hydrogen-bond donors (Lipinski definition) is 0. The average molecular weight is 271 g/mol. The second-order valence-electron chi connectivity index (χ2n) is 4.56. The summed E-state index contributed by atoms with van der Waals surface area (Å²) in [7, 11) is 0. The van der Waals surface area contributed by atoms with E-state index in [9.17, 15) is 4.79 Å². The summed E-state index contributed by atoms with van der Waals surface area (Å²) in [5.74, 6) is 0.404. The average Bonchev–Trinajstić information content (AvgIpc) is 3.01. The molecule has 0 spiro atoms. The Morgan fingerprint density at radius 1 is 1.30 bits per heavy atom. The van der Waals surface area contributed by atoms with Crippen LogP contribution in [-0.4, -0.2) is 11.1 Å². The second-order valence-corrected chi connectivity index (χ2v) is 4.56. The molecule has 0 N–H and O–H groups in total. The van der Waals surface area contributed by atoms with Gasteiger partial charge in [-0.1, -0.05) is 23.4 Å². The summed E-state index contributed by atoms with van der Waals surface area (Å²) < 4.78 is 15.6. The highest BCUT2D eigenvalue weighted by Gasteiger charge is 2.19. The van der Waals surface area contributed by atoms with Gasteiger partial charge in [-0.05, 0) is 19.9 Å². The molecule has 3 aromatic rings. The number of esters is 1. The molecule has 0 saturated carbocycles. The molecular weight excluding hydrogens is 258 g/mol. The third-order valence-corrected chi connectivity index (χ3v) is 3.06. The molecule has 20 heavy (non-hydrogen) atoms. The summed E-state index contributed by atoms with van der Waals surface area (Å²) in [5, 5.41) is 4.68. The molecule has 0 aliphatic heterocycles. The van der Waals surface area contributed by atoms with Gasteiger partial charge in [-0.25, -0.2) is 4.79 Å². The Bertz CT molecular complexity index is 769. The van der Waals surface area contributed by atoms with Gasteiger partial charge in [0.25, 0.3) is 0 Å². The SMILES string of the molecule is Cc1cc(COC(=O)c2oc3ccccc3c2C)no1. The van der Waals surface area contributed by atoms with Crippen LogP contribution in [0, 0.1) is 13.8 Å². The van der Waals surface area contributed by atoms with Crippen LogP contribution >= 0.6 is 0 Å². The van der Waals surface area contributed by atoms with Gasteiger partial charge in [-0.2, -0.15) is 0 Å². The highest BCUT2D eigenvalue weighted by molar-refractivity contribution is 5.95. The summed E-state index contributed by atoms with van der Waals surface area (Å²) in [5.41, 5.74) is 2.03. The minimum atomic E-state index is -0.501. The quantitative estimate of drug-likeness (QED) is 0.683. The fraction of sp³-hybridized carbons (Fsp3) is 0.200. The van der Waals surface area contributed by atoms with Crippen molar-refractivity contribution in [3.63, 3.8) is 0 Å². The van der Waals surface area contributed by atoms with E-state index in [1.807, 2.05) is 31.2 Å². The Hall–Kier alpha value is -2.56. The molecule has 0 aliphatic rings. The maximum Gasteiger partial charge on any atom is 0.374 e. The molecule has 3 rings (SSSR count). The Kier molecular flexibility index (Phi) is 3.02. The number of aryl methyl sites for hydroxylation is 2. The summed E-state index contributed by atoms with van der Waals surface area (Å²) in [6.45, 7) is 3.68. The molecule has 0 atom stereocenters. The molecular formula is C15H13NO4. The predicted octanol–water partition coefficient (Wildman–Crippen LogP) is 3.39. The fourth-order valence-electron chi connectivity index (χ4n) is 2.06. The molecule has 0 amide bonds. The van der Waals surface area contributed by atoms with E-state index in [1.54, 1.807) is 13.0 Å². The number of nitrogens with zero attached hydrogens (tertiary/aromatic N) is 1. The molecule has 0 aliphatic carbocycles. The fourth-order valence-corrected chi connectivity index (χ4v) is 2.06. The highest BCUT2D eigenvalue weighted by Crippen LogP contribution is 2.25. The molecule has 0 saturated heterocycles. The maximum absolute atomic E-state index is 12.0. The zero-order valence-electron chi connectivity index (χ0n) is 11.2. The van der Waals surface area contributed by atoms with Crippen LogP contribution in [-0.2, 0) is 11.3 Å². The van der Waals surface area contributed by atoms with E-state index in [0.29, 0.717) is 17.0 Å². The van der Waals surface area contributed by atoms with Gasteiger partial charge < -0.3 is 13.7 Å². The van der Waals surface area contributed by atoms with Crippen molar-refractivity contribution in [2.24, 2.45) is 0 Å². The number of para-hydroxylation sites is 1. The minimum Gasteiger partial charge on any atom is -0.453 e. The van der Waals surface area contributed by atoms with E-state index in [-0.39, 0.29) is 12.4 Å². The Labute approximate surface area is 115 Å². The first-order valence-electron chi connectivity index (χ1n) is 6.22. The molecule has 1 aromatic carbocycles. The van der Waals surface area contributed by atoms with Crippen molar-refractivity contribution in [3.05, 3.63) is 53.1 Å². The van der Waals surface area contributed by atoms with Crippen molar-refractivity contribution in [2.75, 3.05) is 0 Å². The first-order valence-corrected chi connectivity index (χ1v) is 6.22. The first kappa shape index (κ1) is 12.5. The summed E-state index contributed by atoms with van der Waals surface area (Å²) >= 11 is 0. The number of benzene rings is 1. The van der Waals surface area contributed by atoms with Crippen LogP contribution < -0.4 is 0 Å². The smallest absolute Gasteiger partial charge is 0.374 e. The van der Waals surface area contributed by atoms with Gasteiger partial charge in [0.15, 0.2) is 0 Å². The van der Waals surface area contributed by atoms with Gasteiger partial charge in [-0.15, -0.1) is 0 Å². The Morgan fingerprint density at radius 2 is 2.10 bits per heavy atom. The number of ether oxygens (including phenoxy) is 1. The van der Waals surface area contributed by atoms with Gasteiger partial charge in [0, 0.05) is 17.0 Å². The lowest BCUT2D eigenvalue weighted by Gasteiger charge is -2.00. The van der Waals surface area contributed by atoms with E-state index in [0.717, 1.165) is 10.9 Å². The highest BCUT2D eigenvalue weighted by atomic mass is 16.5. The number of rotatable bonds is 3. The zero-order valence-corrected chi connectivity index (χ0v) is 11.2. The second kappa shape index (κ2) is 4.85. The van der Waals surface area contributed by atoms with E-state index < -0.39 is 5.97 Å². The third-order valence-electron chi connectivity index (χ3n) is 3.06. The third kappa shape index (κ3) is 2.18. The molecule has 0 radical (unpaired) electrons. The van der Waals surface area contributed by atoms with Crippen LogP contribution in [0.3, 0.4) is 0 Å². The largest absolute Gasteiger partial charge is 0.453 e. The van der Waals surface area contributed by atoms with E-state index >= 15 is 0 Å². The van der Waals surface area contributed by atoms with E-state index in [2.05, 4.69) is 5.16 Å². The molecule has 5 heteroatoms. The van der Waals surface area contributed by atoms with Crippen molar-refractivity contribution in [3.8, 4) is 0 Å². The van der Waals surface area contributed by atoms with Crippen LogP contribution in [0.1, 0.15) is 27.6 Å².